The number of piperazine rings is 1. The van der Waals surface area contributed by atoms with Crippen LogP contribution in [0.2, 0.25) is 0 Å². The summed E-state index contributed by atoms with van der Waals surface area (Å²) in [6.45, 7) is 5.56. The predicted octanol–water partition coefficient (Wildman–Crippen LogP) is 3.06. The molecular weight excluding hydrogens is 251 g/mol. The molecule has 108 valence electrons. The third kappa shape index (κ3) is 3.28. The Labute approximate surface area is 120 Å². The van der Waals surface area contributed by atoms with Gasteiger partial charge in [0.25, 0.3) is 0 Å². The van der Waals surface area contributed by atoms with Crippen molar-refractivity contribution in [3.63, 3.8) is 0 Å². The fraction of sp³-hybridized carbons (Fsp3) is 0.529. The van der Waals surface area contributed by atoms with Gasteiger partial charge in [0.15, 0.2) is 0 Å². The second-order valence-corrected chi connectivity index (χ2v) is 5.82. The lowest BCUT2D eigenvalue weighted by Crippen LogP contribution is -2.44. The topological polar surface area (TPSA) is 15.3 Å². The smallest absolute Gasteiger partial charge is 0.123 e. The monoisotopic (exact) mass is 274 g/mol. The van der Waals surface area contributed by atoms with Crippen LogP contribution in [-0.4, -0.2) is 37.6 Å². The zero-order valence-electron chi connectivity index (χ0n) is 12.0. The van der Waals surface area contributed by atoms with Crippen molar-refractivity contribution in [2.75, 3.05) is 32.7 Å². The molecule has 0 bridgehead atoms. The van der Waals surface area contributed by atoms with Gasteiger partial charge >= 0.3 is 0 Å². The molecule has 0 spiro atoms. The first-order chi connectivity index (χ1) is 9.83. The minimum atomic E-state index is -0.145. The van der Waals surface area contributed by atoms with Crippen LogP contribution < -0.4 is 5.32 Å². The van der Waals surface area contributed by atoms with Crippen molar-refractivity contribution in [1.29, 1.82) is 0 Å². The summed E-state index contributed by atoms with van der Waals surface area (Å²) in [4.78, 5) is 2.54. The lowest BCUT2D eigenvalue weighted by atomic mass is 9.87. The Bertz CT molecular complexity index is 472. The summed E-state index contributed by atoms with van der Waals surface area (Å²) >= 11 is 0. The van der Waals surface area contributed by atoms with Crippen molar-refractivity contribution in [1.82, 2.24) is 10.2 Å². The SMILES string of the molecule is Fc1ccc(C2=C(CN3CCNCC3)CCCC2)cc1. The van der Waals surface area contributed by atoms with Crippen molar-refractivity contribution in [2.45, 2.75) is 25.7 Å². The summed E-state index contributed by atoms with van der Waals surface area (Å²) in [7, 11) is 0. The second-order valence-electron chi connectivity index (χ2n) is 5.82. The first kappa shape index (κ1) is 13.8. The van der Waals surface area contributed by atoms with Crippen LogP contribution in [-0.2, 0) is 0 Å². The van der Waals surface area contributed by atoms with Crippen LogP contribution in [0, 0.1) is 5.82 Å². The number of benzene rings is 1. The van der Waals surface area contributed by atoms with Gasteiger partial charge in [-0.2, -0.15) is 0 Å². The number of allylic oxidation sites excluding steroid dienone is 1. The van der Waals surface area contributed by atoms with Crippen molar-refractivity contribution in [3.05, 3.63) is 41.2 Å². The number of rotatable bonds is 3. The summed E-state index contributed by atoms with van der Waals surface area (Å²) < 4.78 is 13.1. The highest BCUT2D eigenvalue weighted by atomic mass is 19.1. The molecule has 1 aliphatic heterocycles. The molecule has 0 saturated carbocycles. The molecule has 1 heterocycles. The van der Waals surface area contributed by atoms with Gasteiger partial charge in [0.1, 0.15) is 5.82 Å². The quantitative estimate of drug-likeness (QED) is 0.911. The Balaban J connectivity index is 1.80. The van der Waals surface area contributed by atoms with Crippen LogP contribution in [0.4, 0.5) is 4.39 Å². The molecule has 1 aliphatic carbocycles. The van der Waals surface area contributed by atoms with E-state index in [2.05, 4.69) is 10.2 Å². The summed E-state index contributed by atoms with van der Waals surface area (Å²) in [6.07, 6.45) is 4.91. The van der Waals surface area contributed by atoms with Crippen molar-refractivity contribution < 1.29 is 4.39 Å². The highest BCUT2D eigenvalue weighted by molar-refractivity contribution is 5.69. The molecule has 20 heavy (non-hydrogen) atoms. The fourth-order valence-electron chi connectivity index (χ4n) is 3.28. The van der Waals surface area contributed by atoms with Crippen molar-refractivity contribution in [2.24, 2.45) is 0 Å². The third-order valence-corrected chi connectivity index (χ3v) is 4.40. The maximum atomic E-state index is 13.1. The van der Waals surface area contributed by atoms with E-state index in [1.54, 1.807) is 17.7 Å². The summed E-state index contributed by atoms with van der Waals surface area (Å²) in [5, 5.41) is 3.40. The van der Waals surface area contributed by atoms with Crippen LogP contribution in [0.15, 0.2) is 29.8 Å². The standard InChI is InChI=1S/C17H23FN2/c18-16-7-5-14(6-8-16)17-4-2-1-3-15(17)13-20-11-9-19-10-12-20/h5-8,19H,1-4,9-13H2. The maximum Gasteiger partial charge on any atom is 0.123 e. The molecule has 1 fully saturated rings. The molecule has 0 aromatic heterocycles. The van der Waals surface area contributed by atoms with Gasteiger partial charge in [-0.25, -0.2) is 4.39 Å². The number of hydrogen-bond donors (Lipinski definition) is 1. The lowest BCUT2D eigenvalue weighted by molar-refractivity contribution is 0.257. The average molecular weight is 274 g/mol. The zero-order valence-corrected chi connectivity index (χ0v) is 12.0. The molecule has 0 radical (unpaired) electrons. The normalized spacial score (nSPS) is 21.2. The van der Waals surface area contributed by atoms with E-state index in [1.807, 2.05) is 12.1 Å². The van der Waals surface area contributed by atoms with Crippen LogP contribution in [0.3, 0.4) is 0 Å². The van der Waals surface area contributed by atoms with E-state index in [4.69, 9.17) is 0 Å². The van der Waals surface area contributed by atoms with E-state index in [1.165, 1.54) is 30.4 Å². The van der Waals surface area contributed by atoms with Gasteiger partial charge in [-0.05, 0) is 49.0 Å². The van der Waals surface area contributed by atoms with Crippen LogP contribution in [0.25, 0.3) is 5.57 Å². The molecule has 1 N–H and O–H groups in total. The van der Waals surface area contributed by atoms with Gasteiger partial charge in [-0.15, -0.1) is 0 Å². The number of nitrogens with one attached hydrogen (secondary N) is 1. The third-order valence-electron chi connectivity index (χ3n) is 4.40. The number of nitrogens with zero attached hydrogens (tertiary/aromatic N) is 1. The molecule has 0 amide bonds. The summed E-state index contributed by atoms with van der Waals surface area (Å²) in [6, 6.07) is 7.04. The predicted molar refractivity (Wildman–Crippen MR) is 81.1 cm³/mol. The van der Waals surface area contributed by atoms with Crippen LogP contribution in [0.1, 0.15) is 31.2 Å². The van der Waals surface area contributed by atoms with E-state index in [0.29, 0.717) is 0 Å². The van der Waals surface area contributed by atoms with Crippen molar-refractivity contribution >= 4 is 5.57 Å². The first-order valence-corrected chi connectivity index (χ1v) is 7.73. The molecule has 0 unspecified atom stereocenters. The van der Waals surface area contributed by atoms with E-state index in [9.17, 15) is 4.39 Å². The minimum absolute atomic E-state index is 0.145. The largest absolute Gasteiger partial charge is 0.314 e. The maximum absolute atomic E-state index is 13.1. The fourth-order valence-corrected chi connectivity index (χ4v) is 3.28. The molecule has 0 atom stereocenters. The highest BCUT2D eigenvalue weighted by Crippen LogP contribution is 2.32. The van der Waals surface area contributed by atoms with Crippen molar-refractivity contribution in [3.8, 4) is 0 Å². The molecule has 1 saturated heterocycles. The Kier molecular flexibility index (Phi) is 4.48. The van der Waals surface area contributed by atoms with Gasteiger partial charge in [0, 0.05) is 32.7 Å². The minimum Gasteiger partial charge on any atom is -0.314 e. The lowest BCUT2D eigenvalue weighted by Gasteiger charge is -2.31. The summed E-state index contributed by atoms with van der Waals surface area (Å²) in [5.41, 5.74) is 4.26. The number of halogens is 1. The molecular formula is C17H23FN2. The van der Waals surface area contributed by atoms with E-state index in [0.717, 1.165) is 39.1 Å². The highest BCUT2D eigenvalue weighted by Gasteiger charge is 2.18. The Hall–Kier alpha value is -1.19. The Morgan fingerprint density at radius 3 is 2.45 bits per heavy atom. The average Bonchev–Trinajstić information content (AvgIpc) is 2.50. The number of hydrogen-bond acceptors (Lipinski definition) is 2. The molecule has 2 aliphatic rings. The molecule has 3 rings (SSSR count). The van der Waals surface area contributed by atoms with Gasteiger partial charge in [0.05, 0.1) is 0 Å². The molecule has 3 heteroatoms. The molecule has 1 aromatic rings. The van der Waals surface area contributed by atoms with Crippen LogP contribution >= 0.6 is 0 Å². The molecule has 1 aromatic carbocycles. The van der Waals surface area contributed by atoms with E-state index >= 15 is 0 Å². The van der Waals surface area contributed by atoms with Crippen LogP contribution in [0.5, 0.6) is 0 Å². The Morgan fingerprint density at radius 2 is 1.70 bits per heavy atom. The molecule has 2 nitrogen and oxygen atoms in total. The van der Waals surface area contributed by atoms with E-state index in [-0.39, 0.29) is 5.82 Å². The van der Waals surface area contributed by atoms with E-state index < -0.39 is 0 Å². The van der Waals surface area contributed by atoms with Gasteiger partial charge < -0.3 is 5.32 Å². The second kappa shape index (κ2) is 6.51. The van der Waals surface area contributed by atoms with Gasteiger partial charge in [0.2, 0.25) is 0 Å². The zero-order chi connectivity index (χ0) is 13.8. The van der Waals surface area contributed by atoms with Gasteiger partial charge in [-0.1, -0.05) is 17.7 Å². The Morgan fingerprint density at radius 1 is 1.00 bits per heavy atom. The first-order valence-electron chi connectivity index (χ1n) is 7.73. The van der Waals surface area contributed by atoms with Gasteiger partial charge in [-0.3, -0.25) is 4.90 Å². The summed E-state index contributed by atoms with van der Waals surface area (Å²) in [5.74, 6) is -0.145.